The average molecular weight is 264 g/mol. The van der Waals surface area contributed by atoms with E-state index in [1.807, 2.05) is 0 Å². The van der Waals surface area contributed by atoms with E-state index < -0.39 is 5.91 Å². The first kappa shape index (κ1) is 13.2. The lowest BCUT2D eigenvalue weighted by molar-refractivity contribution is -0.132. The maximum absolute atomic E-state index is 12.0. The Kier molecular flexibility index (Phi) is 3.59. The molecule has 0 aromatic heterocycles. The molecule has 1 fully saturated rings. The van der Waals surface area contributed by atoms with Crippen LogP contribution in [-0.4, -0.2) is 46.6 Å². The number of hydrogen-bond donors (Lipinski definition) is 3. The topological polar surface area (TPSA) is 89.9 Å². The molecule has 2 rings (SSSR count). The Morgan fingerprint density at radius 2 is 2.00 bits per heavy atom. The number of phenols is 2. The maximum Gasteiger partial charge on any atom is 0.259 e. The summed E-state index contributed by atoms with van der Waals surface area (Å²) in [6, 6.07) is 3.96. The van der Waals surface area contributed by atoms with Gasteiger partial charge in [0.2, 0.25) is 5.91 Å². The van der Waals surface area contributed by atoms with E-state index in [0.29, 0.717) is 19.4 Å². The third-order valence-electron chi connectivity index (χ3n) is 3.21. The summed E-state index contributed by atoms with van der Waals surface area (Å²) in [7, 11) is 1.68. The van der Waals surface area contributed by atoms with Crippen LogP contribution in [0, 0.1) is 0 Å². The van der Waals surface area contributed by atoms with Crippen molar-refractivity contribution in [3.8, 4) is 11.5 Å². The first-order valence-electron chi connectivity index (χ1n) is 6.05. The van der Waals surface area contributed by atoms with Gasteiger partial charge in [0, 0.05) is 26.1 Å². The van der Waals surface area contributed by atoms with E-state index in [4.69, 9.17) is 0 Å². The van der Waals surface area contributed by atoms with E-state index in [2.05, 4.69) is 5.32 Å². The van der Waals surface area contributed by atoms with Gasteiger partial charge in [0.25, 0.3) is 5.91 Å². The molecule has 0 aliphatic carbocycles. The van der Waals surface area contributed by atoms with Crippen LogP contribution < -0.4 is 5.32 Å². The highest BCUT2D eigenvalue weighted by Gasteiger charge is 2.26. The number of aromatic hydroxyl groups is 2. The molecule has 0 spiro atoms. The second kappa shape index (κ2) is 5.17. The molecule has 3 N–H and O–H groups in total. The van der Waals surface area contributed by atoms with Crippen LogP contribution >= 0.6 is 0 Å². The summed E-state index contributed by atoms with van der Waals surface area (Å²) < 4.78 is 0. The molecule has 0 bridgehead atoms. The van der Waals surface area contributed by atoms with Crippen LogP contribution in [0.1, 0.15) is 23.2 Å². The van der Waals surface area contributed by atoms with Crippen LogP contribution in [0.15, 0.2) is 18.2 Å². The van der Waals surface area contributed by atoms with Crippen molar-refractivity contribution in [1.29, 1.82) is 0 Å². The molecule has 6 heteroatoms. The molecule has 2 amide bonds. The van der Waals surface area contributed by atoms with Crippen molar-refractivity contribution < 1.29 is 19.8 Å². The first-order chi connectivity index (χ1) is 8.99. The minimum absolute atomic E-state index is 0.0518. The van der Waals surface area contributed by atoms with E-state index >= 15 is 0 Å². The Morgan fingerprint density at radius 3 is 2.58 bits per heavy atom. The van der Waals surface area contributed by atoms with Crippen molar-refractivity contribution in [2.24, 2.45) is 0 Å². The van der Waals surface area contributed by atoms with Gasteiger partial charge in [-0.05, 0) is 18.6 Å². The number of amides is 2. The van der Waals surface area contributed by atoms with Gasteiger partial charge in [-0.3, -0.25) is 9.59 Å². The zero-order chi connectivity index (χ0) is 14.0. The van der Waals surface area contributed by atoms with Crippen LogP contribution in [0.5, 0.6) is 11.5 Å². The smallest absolute Gasteiger partial charge is 0.259 e. The number of phenolic OH excluding ortho intramolecular Hbond substituents is 2. The predicted molar refractivity (Wildman–Crippen MR) is 67.9 cm³/mol. The van der Waals surface area contributed by atoms with E-state index in [0.717, 1.165) is 0 Å². The average Bonchev–Trinajstić information content (AvgIpc) is 2.33. The fraction of sp³-hybridized carbons (Fsp3) is 0.385. The quantitative estimate of drug-likeness (QED) is 0.723. The van der Waals surface area contributed by atoms with Gasteiger partial charge in [0.15, 0.2) is 0 Å². The lowest BCUT2D eigenvalue weighted by Crippen LogP contribution is -2.48. The van der Waals surface area contributed by atoms with Crippen LogP contribution in [0.2, 0.25) is 0 Å². The van der Waals surface area contributed by atoms with Crippen LogP contribution in [0.25, 0.3) is 0 Å². The molecule has 1 aliphatic heterocycles. The first-order valence-corrected chi connectivity index (χ1v) is 6.05. The van der Waals surface area contributed by atoms with Gasteiger partial charge >= 0.3 is 0 Å². The Morgan fingerprint density at radius 1 is 1.37 bits per heavy atom. The molecule has 0 radical (unpaired) electrons. The van der Waals surface area contributed by atoms with Gasteiger partial charge < -0.3 is 20.4 Å². The third kappa shape index (κ3) is 2.78. The molecule has 102 valence electrons. The summed E-state index contributed by atoms with van der Waals surface area (Å²) >= 11 is 0. The van der Waals surface area contributed by atoms with E-state index in [-0.39, 0.29) is 29.0 Å². The number of nitrogens with zero attached hydrogens (tertiary/aromatic N) is 1. The van der Waals surface area contributed by atoms with Gasteiger partial charge in [-0.15, -0.1) is 0 Å². The Balaban J connectivity index is 2.08. The standard InChI is InChI=1S/C13H16N2O4/c1-15-7-8(5-6-11(15)18)14-13(19)12-9(16)3-2-4-10(12)17/h2-4,8,16-17H,5-7H2,1H3,(H,14,19). The zero-order valence-electron chi connectivity index (χ0n) is 10.6. The number of carbonyl (C=O) groups excluding carboxylic acids is 2. The van der Waals surface area contributed by atoms with Crippen LogP contribution in [0.3, 0.4) is 0 Å². The highest BCUT2D eigenvalue weighted by molar-refractivity contribution is 5.99. The Bertz CT molecular complexity index is 495. The maximum atomic E-state index is 12.0. The summed E-state index contributed by atoms with van der Waals surface area (Å²) in [5, 5.41) is 21.9. The monoisotopic (exact) mass is 264 g/mol. The number of piperidine rings is 1. The van der Waals surface area contributed by atoms with Crippen molar-refractivity contribution in [2.45, 2.75) is 18.9 Å². The second-order valence-electron chi connectivity index (χ2n) is 4.65. The molecule has 0 saturated carbocycles. The molecule has 1 saturated heterocycles. The largest absolute Gasteiger partial charge is 0.507 e. The lowest BCUT2D eigenvalue weighted by Gasteiger charge is -2.30. The van der Waals surface area contributed by atoms with Crippen LogP contribution in [0.4, 0.5) is 0 Å². The van der Waals surface area contributed by atoms with Crippen molar-refractivity contribution in [1.82, 2.24) is 10.2 Å². The SMILES string of the molecule is CN1CC(NC(=O)c2c(O)cccc2O)CCC1=O. The van der Waals surface area contributed by atoms with Gasteiger partial charge in [-0.25, -0.2) is 0 Å². The molecule has 1 aliphatic rings. The second-order valence-corrected chi connectivity index (χ2v) is 4.65. The molecule has 6 nitrogen and oxygen atoms in total. The summed E-state index contributed by atoms with van der Waals surface area (Å²) in [4.78, 5) is 24.9. The molecule has 1 aromatic rings. The third-order valence-corrected chi connectivity index (χ3v) is 3.21. The van der Waals surface area contributed by atoms with Gasteiger partial charge in [-0.1, -0.05) is 6.07 Å². The fourth-order valence-electron chi connectivity index (χ4n) is 2.15. The highest BCUT2D eigenvalue weighted by Crippen LogP contribution is 2.26. The Labute approximate surface area is 110 Å². The van der Waals surface area contributed by atoms with E-state index in [9.17, 15) is 19.8 Å². The zero-order valence-corrected chi connectivity index (χ0v) is 10.6. The highest BCUT2D eigenvalue weighted by atomic mass is 16.3. The molecular weight excluding hydrogens is 248 g/mol. The number of carbonyl (C=O) groups is 2. The lowest BCUT2D eigenvalue weighted by atomic mass is 10.0. The number of nitrogens with one attached hydrogen (secondary N) is 1. The minimum atomic E-state index is -0.539. The molecule has 1 atom stereocenters. The number of benzene rings is 1. The normalized spacial score (nSPS) is 19.3. The fourth-order valence-corrected chi connectivity index (χ4v) is 2.15. The molecule has 1 heterocycles. The van der Waals surface area contributed by atoms with E-state index in [1.54, 1.807) is 11.9 Å². The molecule has 1 aromatic carbocycles. The van der Waals surface area contributed by atoms with Crippen molar-refractivity contribution >= 4 is 11.8 Å². The summed E-state index contributed by atoms with van der Waals surface area (Å²) in [6.45, 7) is 0.429. The van der Waals surface area contributed by atoms with Crippen molar-refractivity contribution in [3.05, 3.63) is 23.8 Å². The predicted octanol–water partition coefficient (Wildman–Crippen LogP) is 0.448. The van der Waals surface area contributed by atoms with Gasteiger partial charge in [-0.2, -0.15) is 0 Å². The number of rotatable bonds is 2. The van der Waals surface area contributed by atoms with Gasteiger partial charge in [0.1, 0.15) is 17.1 Å². The van der Waals surface area contributed by atoms with Crippen LogP contribution in [-0.2, 0) is 4.79 Å². The van der Waals surface area contributed by atoms with Crippen molar-refractivity contribution in [2.75, 3.05) is 13.6 Å². The summed E-state index contributed by atoms with van der Waals surface area (Å²) in [6.07, 6.45) is 0.942. The molecule has 19 heavy (non-hydrogen) atoms. The number of likely N-dealkylation sites (N-methyl/N-ethyl adjacent to an activating group) is 1. The van der Waals surface area contributed by atoms with Crippen molar-refractivity contribution in [3.63, 3.8) is 0 Å². The number of hydrogen-bond acceptors (Lipinski definition) is 4. The number of likely N-dealkylation sites (tertiary alicyclic amines) is 1. The summed E-state index contributed by atoms with van der Waals surface area (Å²) in [5.74, 6) is -1.02. The minimum Gasteiger partial charge on any atom is -0.507 e. The van der Waals surface area contributed by atoms with Gasteiger partial charge in [0.05, 0.1) is 0 Å². The Hall–Kier alpha value is -2.24. The summed E-state index contributed by atoms with van der Waals surface area (Å²) in [5.41, 5.74) is -0.137. The van der Waals surface area contributed by atoms with E-state index in [1.165, 1.54) is 18.2 Å². The molecular formula is C13H16N2O4. The molecule has 1 unspecified atom stereocenters.